The van der Waals surface area contributed by atoms with Crippen molar-refractivity contribution < 1.29 is 14.2 Å². The fourth-order valence-electron chi connectivity index (χ4n) is 3.00. The number of hydrogen-bond acceptors (Lipinski definition) is 4. The molecule has 5 heteroatoms. The first-order chi connectivity index (χ1) is 13.3. The van der Waals surface area contributed by atoms with Crippen molar-refractivity contribution in [2.24, 2.45) is 0 Å². The van der Waals surface area contributed by atoms with Crippen LogP contribution >= 0.6 is 0 Å². The van der Waals surface area contributed by atoms with Crippen molar-refractivity contribution in [3.63, 3.8) is 0 Å². The van der Waals surface area contributed by atoms with Gasteiger partial charge in [0, 0.05) is 19.0 Å². The molecular formula is C22H26N2O3. The highest BCUT2D eigenvalue weighted by Crippen LogP contribution is 2.22. The minimum Gasteiger partial charge on any atom is -0.497 e. The van der Waals surface area contributed by atoms with Crippen LogP contribution in [0.2, 0.25) is 0 Å². The lowest BCUT2D eigenvalue weighted by Crippen LogP contribution is -2.16. The van der Waals surface area contributed by atoms with E-state index >= 15 is 0 Å². The molecule has 0 bridgehead atoms. The second-order valence-corrected chi connectivity index (χ2v) is 6.33. The molecule has 2 aromatic carbocycles. The molecule has 0 aliphatic heterocycles. The van der Waals surface area contributed by atoms with E-state index in [-0.39, 0.29) is 6.04 Å². The molecule has 0 amide bonds. The molecule has 1 unspecified atom stereocenters. The van der Waals surface area contributed by atoms with Crippen LogP contribution in [0.4, 0.5) is 0 Å². The number of aromatic nitrogens is 2. The van der Waals surface area contributed by atoms with Gasteiger partial charge in [0.25, 0.3) is 0 Å². The highest BCUT2D eigenvalue weighted by atomic mass is 16.5. The van der Waals surface area contributed by atoms with Gasteiger partial charge in [-0.05, 0) is 48.2 Å². The minimum atomic E-state index is 0.0967. The van der Waals surface area contributed by atoms with Gasteiger partial charge in [0.05, 0.1) is 33.2 Å². The molecule has 0 aliphatic rings. The van der Waals surface area contributed by atoms with Crippen LogP contribution in [0.1, 0.15) is 23.6 Å². The van der Waals surface area contributed by atoms with Gasteiger partial charge < -0.3 is 18.8 Å². The first-order valence-corrected chi connectivity index (χ1v) is 9.12. The van der Waals surface area contributed by atoms with Gasteiger partial charge in [0.1, 0.15) is 11.5 Å². The topological polar surface area (TPSA) is 45.5 Å². The number of benzene rings is 2. The highest BCUT2D eigenvalue weighted by Gasteiger charge is 2.13. The van der Waals surface area contributed by atoms with Crippen molar-refractivity contribution in [3.05, 3.63) is 78.4 Å². The van der Waals surface area contributed by atoms with Gasteiger partial charge in [0.15, 0.2) is 0 Å². The largest absolute Gasteiger partial charge is 0.497 e. The Morgan fingerprint density at radius 1 is 0.926 bits per heavy atom. The molecule has 0 spiro atoms. The van der Waals surface area contributed by atoms with E-state index in [4.69, 9.17) is 14.2 Å². The van der Waals surface area contributed by atoms with Crippen molar-refractivity contribution >= 4 is 0 Å². The summed E-state index contributed by atoms with van der Waals surface area (Å²) in [5.74, 6) is 1.74. The third-order valence-electron chi connectivity index (χ3n) is 4.57. The summed E-state index contributed by atoms with van der Waals surface area (Å²) in [6.07, 6.45) is 7.55. The Labute approximate surface area is 160 Å². The first-order valence-electron chi connectivity index (χ1n) is 9.12. The van der Waals surface area contributed by atoms with E-state index < -0.39 is 0 Å². The Bertz CT molecular complexity index is 783. The van der Waals surface area contributed by atoms with Crippen LogP contribution in [0.3, 0.4) is 0 Å². The smallest absolute Gasteiger partial charge is 0.118 e. The number of hydrogen-bond donors (Lipinski definition) is 0. The maximum atomic E-state index is 5.99. The number of aryl methyl sites for hydroxylation is 1. The van der Waals surface area contributed by atoms with Crippen LogP contribution in [0.25, 0.3) is 0 Å². The summed E-state index contributed by atoms with van der Waals surface area (Å²) in [5.41, 5.74) is 2.46. The molecule has 5 nitrogen and oxygen atoms in total. The lowest BCUT2D eigenvalue weighted by molar-refractivity contribution is 0.111. The number of rotatable bonds is 10. The standard InChI is InChI=1S/C22H26N2O3/c1-25-20-9-5-18(6-10-20)4-3-15-27-16-22(24-14-13-23-17-24)19-7-11-21(26-2)12-8-19/h5-14,17,22H,3-4,15-16H2,1-2H3. The summed E-state index contributed by atoms with van der Waals surface area (Å²) in [5, 5.41) is 0. The molecule has 0 saturated carbocycles. The summed E-state index contributed by atoms with van der Waals surface area (Å²) in [6.45, 7) is 1.32. The Morgan fingerprint density at radius 2 is 1.59 bits per heavy atom. The first kappa shape index (κ1) is 19.0. The third kappa shape index (κ3) is 5.34. The molecule has 0 radical (unpaired) electrons. The van der Waals surface area contributed by atoms with Gasteiger partial charge in [0.2, 0.25) is 0 Å². The second kappa shape index (κ2) is 9.78. The van der Waals surface area contributed by atoms with Crippen molar-refractivity contribution in [2.45, 2.75) is 18.9 Å². The zero-order chi connectivity index (χ0) is 18.9. The Morgan fingerprint density at radius 3 is 2.19 bits per heavy atom. The van der Waals surface area contributed by atoms with E-state index in [1.165, 1.54) is 11.1 Å². The molecule has 27 heavy (non-hydrogen) atoms. The van der Waals surface area contributed by atoms with Crippen molar-refractivity contribution in [3.8, 4) is 11.5 Å². The summed E-state index contributed by atoms with van der Waals surface area (Å²) in [4.78, 5) is 4.17. The monoisotopic (exact) mass is 366 g/mol. The van der Waals surface area contributed by atoms with Gasteiger partial charge in [-0.2, -0.15) is 0 Å². The highest BCUT2D eigenvalue weighted by molar-refractivity contribution is 5.30. The molecule has 0 fully saturated rings. The second-order valence-electron chi connectivity index (χ2n) is 6.33. The van der Waals surface area contributed by atoms with Crippen molar-refractivity contribution in [1.29, 1.82) is 0 Å². The maximum Gasteiger partial charge on any atom is 0.118 e. The third-order valence-corrected chi connectivity index (χ3v) is 4.57. The van der Waals surface area contributed by atoms with E-state index in [9.17, 15) is 0 Å². The molecule has 3 rings (SSSR count). The molecule has 1 heterocycles. The Hall–Kier alpha value is -2.79. The van der Waals surface area contributed by atoms with E-state index in [0.717, 1.165) is 24.3 Å². The fourth-order valence-corrected chi connectivity index (χ4v) is 3.00. The van der Waals surface area contributed by atoms with Gasteiger partial charge in [-0.1, -0.05) is 24.3 Å². The predicted octanol–water partition coefficient (Wildman–Crippen LogP) is 4.14. The molecule has 3 aromatic rings. The normalized spacial score (nSPS) is 11.9. The SMILES string of the molecule is COc1ccc(CCCOCC(c2ccc(OC)cc2)n2ccnc2)cc1. The average molecular weight is 366 g/mol. The van der Waals surface area contributed by atoms with E-state index in [2.05, 4.69) is 33.8 Å². The molecule has 0 aliphatic carbocycles. The average Bonchev–Trinajstić information content (AvgIpc) is 3.26. The summed E-state index contributed by atoms with van der Waals surface area (Å²) >= 11 is 0. The van der Waals surface area contributed by atoms with E-state index in [1.807, 2.05) is 36.8 Å². The molecule has 1 aromatic heterocycles. The zero-order valence-electron chi connectivity index (χ0n) is 15.9. The minimum absolute atomic E-state index is 0.0967. The predicted molar refractivity (Wildman–Crippen MR) is 105 cm³/mol. The van der Waals surface area contributed by atoms with Gasteiger partial charge in [-0.3, -0.25) is 0 Å². The molecule has 0 saturated heterocycles. The Balaban J connectivity index is 1.52. The lowest BCUT2D eigenvalue weighted by atomic mass is 10.1. The van der Waals surface area contributed by atoms with Gasteiger partial charge in [-0.15, -0.1) is 0 Å². The van der Waals surface area contributed by atoms with Crippen molar-refractivity contribution in [2.75, 3.05) is 27.4 Å². The summed E-state index contributed by atoms with van der Waals surface area (Å²) < 4.78 is 18.5. The number of imidazole rings is 1. The summed E-state index contributed by atoms with van der Waals surface area (Å²) in [7, 11) is 3.36. The molecule has 142 valence electrons. The molecule has 0 N–H and O–H groups in total. The lowest BCUT2D eigenvalue weighted by Gasteiger charge is -2.19. The zero-order valence-corrected chi connectivity index (χ0v) is 15.9. The van der Waals surface area contributed by atoms with Crippen LogP contribution in [0.5, 0.6) is 11.5 Å². The van der Waals surface area contributed by atoms with Crippen LogP contribution in [0.15, 0.2) is 67.3 Å². The van der Waals surface area contributed by atoms with Crippen LogP contribution < -0.4 is 9.47 Å². The number of nitrogens with zero attached hydrogens (tertiary/aromatic N) is 2. The van der Waals surface area contributed by atoms with Crippen LogP contribution in [-0.4, -0.2) is 37.0 Å². The van der Waals surface area contributed by atoms with Crippen molar-refractivity contribution in [1.82, 2.24) is 9.55 Å². The van der Waals surface area contributed by atoms with E-state index in [1.54, 1.807) is 20.4 Å². The number of ether oxygens (including phenoxy) is 3. The van der Waals surface area contributed by atoms with Gasteiger partial charge >= 0.3 is 0 Å². The quantitative estimate of drug-likeness (QED) is 0.506. The molecule has 1 atom stereocenters. The van der Waals surface area contributed by atoms with Gasteiger partial charge in [-0.25, -0.2) is 4.98 Å². The Kier molecular flexibility index (Phi) is 6.88. The van der Waals surface area contributed by atoms with Crippen LogP contribution in [-0.2, 0) is 11.2 Å². The molecular weight excluding hydrogens is 340 g/mol. The summed E-state index contributed by atoms with van der Waals surface area (Å²) in [6, 6.07) is 16.4. The number of methoxy groups -OCH3 is 2. The van der Waals surface area contributed by atoms with E-state index in [0.29, 0.717) is 13.2 Å². The maximum absolute atomic E-state index is 5.99. The van der Waals surface area contributed by atoms with Crippen LogP contribution in [0, 0.1) is 0 Å². The fraction of sp³-hybridized carbons (Fsp3) is 0.318.